The summed E-state index contributed by atoms with van der Waals surface area (Å²) in [5, 5.41) is 5.01. The predicted octanol–water partition coefficient (Wildman–Crippen LogP) is 2.73. The lowest BCUT2D eigenvalue weighted by Gasteiger charge is -2.21. The quantitative estimate of drug-likeness (QED) is 0.637. The molecule has 8 heteroatoms. The van der Waals surface area contributed by atoms with Gasteiger partial charge in [-0.1, -0.05) is 17.4 Å². The number of thiazole rings is 1. The van der Waals surface area contributed by atoms with E-state index in [1.165, 1.54) is 11.3 Å². The number of rotatable bonds is 7. The molecule has 0 aliphatic rings. The second kappa shape index (κ2) is 7.84. The van der Waals surface area contributed by atoms with Crippen LogP contribution in [0.4, 0.5) is 5.13 Å². The molecule has 1 aromatic carbocycles. The molecule has 0 unspecified atom stereocenters. The SMILES string of the molecule is CCn1ccc(C(=O)N(CCN(C)C)c2nc3c(OC)cccc3s2)n1. The molecule has 3 rings (SSSR count). The van der Waals surface area contributed by atoms with Crippen LogP contribution in [0.3, 0.4) is 0 Å². The Morgan fingerprint density at radius 2 is 2.08 bits per heavy atom. The average Bonchev–Trinajstić information content (AvgIpc) is 3.27. The van der Waals surface area contributed by atoms with Crippen LogP contribution < -0.4 is 9.64 Å². The first-order chi connectivity index (χ1) is 12.5. The van der Waals surface area contributed by atoms with Gasteiger partial charge >= 0.3 is 0 Å². The molecule has 2 heterocycles. The number of aromatic nitrogens is 3. The van der Waals surface area contributed by atoms with Gasteiger partial charge in [0.25, 0.3) is 5.91 Å². The van der Waals surface area contributed by atoms with Crippen LogP contribution in [0.1, 0.15) is 17.4 Å². The zero-order valence-electron chi connectivity index (χ0n) is 15.5. The monoisotopic (exact) mass is 373 g/mol. The van der Waals surface area contributed by atoms with Gasteiger partial charge in [0.05, 0.1) is 11.8 Å². The van der Waals surface area contributed by atoms with Gasteiger partial charge in [0.15, 0.2) is 10.8 Å². The first kappa shape index (κ1) is 18.3. The Hall–Kier alpha value is -2.45. The molecule has 0 saturated heterocycles. The molecular formula is C18H23N5O2S. The molecule has 26 heavy (non-hydrogen) atoms. The van der Waals surface area contributed by atoms with Gasteiger partial charge in [-0.3, -0.25) is 14.4 Å². The lowest BCUT2D eigenvalue weighted by atomic mass is 10.3. The first-order valence-corrected chi connectivity index (χ1v) is 9.28. The molecule has 0 bridgehead atoms. The number of nitrogens with zero attached hydrogens (tertiary/aromatic N) is 5. The van der Waals surface area contributed by atoms with Gasteiger partial charge in [-0.05, 0) is 39.2 Å². The highest BCUT2D eigenvalue weighted by molar-refractivity contribution is 7.22. The Morgan fingerprint density at radius 3 is 2.73 bits per heavy atom. The maximum Gasteiger partial charge on any atom is 0.280 e. The summed E-state index contributed by atoms with van der Waals surface area (Å²) in [5.41, 5.74) is 1.20. The molecule has 7 nitrogen and oxygen atoms in total. The number of carbonyl (C=O) groups excluding carboxylic acids is 1. The van der Waals surface area contributed by atoms with Crippen molar-refractivity contribution in [2.24, 2.45) is 0 Å². The molecule has 0 fully saturated rings. The van der Waals surface area contributed by atoms with Crippen molar-refractivity contribution in [3.63, 3.8) is 0 Å². The van der Waals surface area contributed by atoms with Crippen LogP contribution in [0, 0.1) is 0 Å². The molecule has 0 radical (unpaired) electrons. The van der Waals surface area contributed by atoms with Gasteiger partial charge in [0, 0.05) is 25.8 Å². The number of anilines is 1. The third kappa shape index (κ3) is 3.71. The summed E-state index contributed by atoms with van der Waals surface area (Å²) in [5.74, 6) is 0.567. The zero-order chi connectivity index (χ0) is 18.7. The summed E-state index contributed by atoms with van der Waals surface area (Å²) in [7, 11) is 5.59. The summed E-state index contributed by atoms with van der Waals surface area (Å²) in [6.07, 6.45) is 1.82. The topological polar surface area (TPSA) is 63.5 Å². The number of fused-ring (bicyclic) bond motifs is 1. The van der Waals surface area contributed by atoms with E-state index in [2.05, 4.69) is 10.1 Å². The number of amides is 1. The van der Waals surface area contributed by atoms with Crippen molar-refractivity contribution in [2.45, 2.75) is 13.5 Å². The van der Waals surface area contributed by atoms with E-state index < -0.39 is 0 Å². The molecule has 0 N–H and O–H groups in total. The predicted molar refractivity (Wildman–Crippen MR) is 104 cm³/mol. The summed E-state index contributed by atoms with van der Waals surface area (Å²) in [4.78, 5) is 21.5. The van der Waals surface area contributed by atoms with Crippen LogP contribution >= 0.6 is 11.3 Å². The van der Waals surface area contributed by atoms with Crippen LogP contribution in [-0.2, 0) is 6.54 Å². The van der Waals surface area contributed by atoms with Gasteiger partial charge in [0.2, 0.25) is 0 Å². The van der Waals surface area contributed by atoms with Crippen molar-refractivity contribution >= 4 is 32.6 Å². The summed E-state index contributed by atoms with van der Waals surface area (Å²) < 4.78 is 8.13. The number of hydrogen-bond acceptors (Lipinski definition) is 6. The fraction of sp³-hybridized carbons (Fsp3) is 0.389. The van der Waals surface area contributed by atoms with Gasteiger partial charge in [0.1, 0.15) is 11.3 Å². The minimum absolute atomic E-state index is 0.142. The lowest BCUT2D eigenvalue weighted by Crippen LogP contribution is -2.37. The highest BCUT2D eigenvalue weighted by Crippen LogP contribution is 2.34. The van der Waals surface area contributed by atoms with Crippen LogP contribution in [0.5, 0.6) is 5.75 Å². The standard InChI is InChI=1S/C18H23N5O2S/c1-5-22-10-9-13(20-22)17(24)23(12-11-21(2)3)18-19-16-14(25-4)7-6-8-15(16)26-18/h6-10H,5,11-12H2,1-4H3. The van der Waals surface area contributed by atoms with Crippen LogP contribution in [0.15, 0.2) is 30.5 Å². The van der Waals surface area contributed by atoms with E-state index in [4.69, 9.17) is 4.74 Å². The largest absolute Gasteiger partial charge is 0.494 e. The first-order valence-electron chi connectivity index (χ1n) is 8.47. The Kier molecular flexibility index (Phi) is 5.53. The number of aryl methyl sites for hydroxylation is 1. The van der Waals surface area contributed by atoms with E-state index in [1.54, 1.807) is 22.8 Å². The normalized spacial score (nSPS) is 11.3. The Morgan fingerprint density at radius 1 is 1.27 bits per heavy atom. The lowest BCUT2D eigenvalue weighted by molar-refractivity contribution is 0.0979. The minimum Gasteiger partial charge on any atom is -0.494 e. The fourth-order valence-corrected chi connectivity index (χ4v) is 3.57. The number of ether oxygens (including phenoxy) is 1. The van der Waals surface area contributed by atoms with Crippen molar-refractivity contribution < 1.29 is 9.53 Å². The molecule has 1 amide bonds. The number of methoxy groups -OCH3 is 1. The van der Waals surface area contributed by atoms with Gasteiger partial charge in [-0.15, -0.1) is 0 Å². The number of para-hydroxylation sites is 1. The number of carbonyl (C=O) groups is 1. The van der Waals surface area contributed by atoms with Crippen molar-refractivity contribution in [3.05, 3.63) is 36.2 Å². The van der Waals surface area contributed by atoms with E-state index in [9.17, 15) is 4.79 Å². The van der Waals surface area contributed by atoms with Gasteiger partial charge in [-0.25, -0.2) is 4.98 Å². The maximum absolute atomic E-state index is 13.1. The van der Waals surface area contributed by atoms with Crippen LogP contribution in [0.2, 0.25) is 0 Å². The average molecular weight is 373 g/mol. The molecule has 0 saturated carbocycles. The highest BCUT2D eigenvalue weighted by atomic mass is 32.1. The van der Waals surface area contributed by atoms with Gasteiger partial charge in [-0.2, -0.15) is 5.10 Å². The molecule has 0 spiro atoms. The second-order valence-corrected chi connectivity index (χ2v) is 7.13. The second-order valence-electron chi connectivity index (χ2n) is 6.12. The minimum atomic E-state index is -0.142. The molecule has 0 aliphatic carbocycles. The number of benzene rings is 1. The zero-order valence-corrected chi connectivity index (χ0v) is 16.3. The third-order valence-corrected chi connectivity index (χ3v) is 5.06. The Labute approximate surface area is 156 Å². The smallest absolute Gasteiger partial charge is 0.280 e. The van der Waals surface area contributed by atoms with E-state index in [0.717, 1.165) is 23.3 Å². The molecular weight excluding hydrogens is 350 g/mol. The Balaban J connectivity index is 1.99. The third-order valence-electron chi connectivity index (χ3n) is 4.02. The van der Waals surface area contributed by atoms with E-state index in [-0.39, 0.29) is 5.91 Å². The van der Waals surface area contributed by atoms with Crippen molar-refractivity contribution in [1.82, 2.24) is 19.7 Å². The van der Waals surface area contributed by atoms with E-state index in [1.807, 2.05) is 50.3 Å². The molecule has 138 valence electrons. The Bertz CT molecular complexity index is 902. The molecule has 2 aromatic heterocycles. The summed E-state index contributed by atoms with van der Waals surface area (Å²) in [6, 6.07) is 7.54. The molecule has 0 atom stereocenters. The number of hydrogen-bond donors (Lipinski definition) is 0. The van der Waals surface area contributed by atoms with Crippen molar-refractivity contribution in [1.29, 1.82) is 0 Å². The maximum atomic E-state index is 13.1. The van der Waals surface area contributed by atoms with Crippen molar-refractivity contribution in [2.75, 3.05) is 39.2 Å². The summed E-state index contributed by atoms with van der Waals surface area (Å²) in [6.45, 7) is 3.98. The molecule has 3 aromatic rings. The summed E-state index contributed by atoms with van der Waals surface area (Å²) >= 11 is 1.48. The van der Waals surface area contributed by atoms with E-state index >= 15 is 0 Å². The van der Waals surface area contributed by atoms with Crippen LogP contribution in [0.25, 0.3) is 10.2 Å². The molecule has 0 aliphatic heterocycles. The highest BCUT2D eigenvalue weighted by Gasteiger charge is 2.24. The fourth-order valence-electron chi connectivity index (χ4n) is 2.57. The van der Waals surface area contributed by atoms with Gasteiger partial charge < -0.3 is 9.64 Å². The van der Waals surface area contributed by atoms with Crippen molar-refractivity contribution in [3.8, 4) is 5.75 Å². The number of likely N-dealkylation sites (N-methyl/N-ethyl adjacent to an activating group) is 1. The van der Waals surface area contributed by atoms with E-state index in [0.29, 0.717) is 23.1 Å². The van der Waals surface area contributed by atoms with Crippen LogP contribution in [-0.4, -0.2) is 59.9 Å².